The number of hydrogen-bond donors (Lipinski definition) is 3. The number of aryl methyl sites for hydroxylation is 2. The Morgan fingerprint density at radius 2 is 2.04 bits per heavy atom. The van der Waals surface area contributed by atoms with Gasteiger partial charge in [-0.25, -0.2) is 4.98 Å². The summed E-state index contributed by atoms with van der Waals surface area (Å²) in [6.07, 6.45) is 7.17. The van der Waals surface area contributed by atoms with E-state index in [0.717, 1.165) is 25.1 Å². The lowest BCUT2D eigenvalue weighted by Crippen LogP contribution is -2.58. The maximum atomic E-state index is 12.5. The minimum absolute atomic E-state index is 0.0542. The smallest absolute Gasteiger partial charge is 0.290 e. The van der Waals surface area contributed by atoms with E-state index < -0.39 is 6.04 Å². The lowest BCUT2D eigenvalue weighted by molar-refractivity contribution is -0.133. The number of nitrogens with one attached hydrogen (secondary N) is 2. The van der Waals surface area contributed by atoms with Gasteiger partial charge in [0.1, 0.15) is 0 Å². The fraction of sp³-hybridized carbons (Fsp3) is 0.684. The average molecular weight is 411 g/mol. The van der Waals surface area contributed by atoms with Crippen molar-refractivity contribution in [2.75, 3.05) is 18.4 Å². The molecule has 8 nitrogen and oxygen atoms in total. The van der Waals surface area contributed by atoms with Gasteiger partial charge < -0.3 is 15.7 Å². The molecule has 28 heavy (non-hydrogen) atoms. The molecule has 0 saturated carbocycles. The first-order chi connectivity index (χ1) is 13.5. The van der Waals surface area contributed by atoms with Crippen LogP contribution in [-0.4, -0.2) is 58.5 Å². The minimum atomic E-state index is -0.394. The molecule has 1 fully saturated rings. The van der Waals surface area contributed by atoms with Crippen LogP contribution >= 0.6 is 11.3 Å². The molecule has 1 atom stereocenters. The zero-order valence-corrected chi connectivity index (χ0v) is 17.4. The zero-order chi connectivity index (χ0) is 20.5. The number of fused-ring (bicyclic) bond motifs is 1. The molecule has 3 rings (SSSR count). The standard InChI is InChI=1S/C18H28N4O2S.CH2O2/c1-12(2)22-10-9-19-17(24)14(22)11-16(23)21-18-20-13-7-5-3-4-6-8-15(13)25-18;2-1-3/h12,14H,3-11H2,1-2H3,(H,19,24)(H,20,21,23);1H,(H,2,3). The van der Waals surface area contributed by atoms with Crippen molar-refractivity contribution in [2.24, 2.45) is 0 Å². The van der Waals surface area contributed by atoms with Crippen molar-refractivity contribution in [1.82, 2.24) is 15.2 Å². The predicted molar refractivity (Wildman–Crippen MR) is 109 cm³/mol. The maximum Gasteiger partial charge on any atom is 0.290 e. The van der Waals surface area contributed by atoms with Crippen molar-refractivity contribution in [3.8, 4) is 0 Å². The molecule has 9 heteroatoms. The molecule has 156 valence electrons. The van der Waals surface area contributed by atoms with Crippen LogP contribution in [0.15, 0.2) is 0 Å². The predicted octanol–water partition coefficient (Wildman–Crippen LogP) is 2.04. The number of carbonyl (C=O) groups is 3. The molecule has 1 aromatic rings. The third-order valence-electron chi connectivity index (χ3n) is 5.01. The number of nitrogens with zero attached hydrogens (tertiary/aromatic N) is 2. The van der Waals surface area contributed by atoms with E-state index in [-0.39, 0.29) is 30.7 Å². The van der Waals surface area contributed by atoms with E-state index in [1.165, 1.54) is 30.6 Å². The Balaban J connectivity index is 0.000000878. The van der Waals surface area contributed by atoms with Crippen molar-refractivity contribution in [3.63, 3.8) is 0 Å². The third kappa shape index (κ3) is 6.27. The van der Waals surface area contributed by atoms with Gasteiger partial charge in [0.15, 0.2) is 5.13 Å². The van der Waals surface area contributed by atoms with Crippen molar-refractivity contribution in [1.29, 1.82) is 0 Å². The fourth-order valence-corrected chi connectivity index (χ4v) is 4.73. The summed E-state index contributed by atoms with van der Waals surface area (Å²) in [6, 6.07) is -0.154. The molecule has 2 aliphatic rings. The van der Waals surface area contributed by atoms with Gasteiger partial charge in [-0.05, 0) is 39.5 Å². The van der Waals surface area contributed by atoms with Crippen LogP contribution in [0.1, 0.15) is 56.5 Å². The van der Waals surface area contributed by atoms with Crippen molar-refractivity contribution in [2.45, 2.75) is 70.9 Å². The van der Waals surface area contributed by atoms with Crippen LogP contribution in [0, 0.1) is 0 Å². The number of carboxylic acid groups (broad SMARTS) is 1. The third-order valence-corrected chi connectivity index (χ3v) is 6.08. The zero-order valence-electron chi connectivity index (χ0n) is 16.6. The summed E-state index contributed by atoms with van der Waals surface area (Å²) in [7, 11) is 0. The summed E-state index contributed by atoms with van der Waals surface area (Å²) in [4.78, 5) is 41.1. The van der Waals surface area contributed by atoms with Gasteiger partial charge in [0, 0.05) is 24.0 Å². The molecule has 2 amide bonds. The summed E-state index contributed by atoms with van der Waals surface area (Å²) < 4.78 is 0. The van der Waals surface area contributed by atoms with E-state index in [2.05, 4.69) is 34.4 Å². The average Bonchev–Trinajstić information content (AvgIpc) is 2.97. The largest absolute Gasteiger partial charge is 0.483 e. The van der Waals surface area contributed by atoms with Crippen LogP contribution in [0.3, 0.4) is 0 Å². The Bertz CT molecular complexity index is 651. The first-order valence-corrected chi connectivity index (χ1v) is 10.7. The quantitative estimate of drug-likeness (QED) is 0.655. The molecule has 0 radical (unpaired) electrons. The summed E-state index contributed by atoms with van der Waals surface area (Å²) in [5.41, 5.74) is 1.15. The van der Waals surface area contributed by atoms with Crippen molar-refractivity contribution < 1.29 is 19.5 Å². The second kappa shape index (κ2) is 11.1. The normalized spacial score (nSPS) is 20.1. The number of rotatable bonds is 4. The topological polar surface area (TPSA) is 112 Å². The van der Waals surface area contributed by atoms with Gasteiger partial charge in [0.05, 0.1) is 18.2 Å². The molecule has 2 heterocycles. The Morgan fingerprint density at radius 3 is 2.71 bits per heavy atom. The van der Waals surface area contributed by atoms with E-state index in [4.69, 9.17) is 9.90 Å². The van der Waals surface area contributed by atoms with Crippen LogP contribution < -0.4 is 10.6 Å². The maximum absolute atomic E-state index is 12.5. The number of anilines is 1. The Morgan fingerprint density at radius 1 is 1.36 bits per heavy atom. The monoisotopic (exact) mass is 410 g/mol. The van der Waals surface area contributed by atoms with Gasteiger partial charge in [-0.3, -0.25) is 19.3 Å². The molecule has 0 spiro atoms. The highest BCUT2D eigenvalue weighted by molar-refractivity contribution is 7.15. The molecule has 1 unspecified atom stereocenters. The van der Waals surface area contributed by atoms with Gasteiger partial charge in [-0.2, -0.15) is 0 Å². The van der Waals surface area contributed by atoms with Crippen molar-refractivity contribution >= 4 is 34.8 Å². The first kappa shape index (κ1) is 22.3. The van der Waals surface area contributed by atoms with Crippen LogP contribution in [0.25, 0.3) is 0 Å². The molecule has 0 bridgehead atoms. The fourth-order valence-electron chi connectivity index (χ4n) is 3.67. The summed E-state index contributed by atoms with van der Waals surface area (Å²) in [5.74, 6) is -0.184. The second-order valence-corrected chi connectivity index (χ2v) is 8.38. The molecular weight excluding hydrogens is 380 g/mol. The Hall–Kier alpha value is -2.00. The SMILES string of the molecule is CC(C)N1CCNC(=O)C1CC(=O)Nc1nc2c(s1)CCCCCC2.O=CO. The van der Waals surface area contributed by atoms with E-state index in [1.807, 2.05) is 0 Å². The highest BCUT2D eigenvalue weighted by Gasteiger charge is 2.33. The van der Waals surface area contributed by atoms with Crippen LogP contribution in [-0.2, 0) is 27.2 Å². The summed E-state index contributed by atoms with van der Waals surface area (Å²) in [6.45, 7) is 5.30. The van der Waals surface area contributed by atoms with Gasteiger partial charge >= 0.3 is 0 Å². The second-order valence-electron chi connectivity index (χ2n) is 7.30. The summed E-state index contributed by atoms with van der Waals surface area (Å²) in [5, 5.41) is 13.4. The van der Waals surface area contributed by atoms with Gasteiger partial charge in [0.25, 0.3) is 6.47 Å². The summed E-state index contributed by atoms with van der Waals surface area (Å²) >= 11 is 1.60. The van der Waals surface area contributed by atoms with E-state index >= 15 is 0 Å². The van der Waals surface area contributed by atoms with Crippen LogP contribution in [0.2, 0.25) is 0 Å². The number of aromatic nitrogens is 1. The molecule has 1 aliphatic carbocycles. The van der Waals surface area contributed by atoms with Crippen molar-refractivity contribution in [3.05, 3.63) is 10.6 Å². The number of carbonyl (C=O) groups excluding carboxylic acids is 2. The van der Waals surface area contributed by atoms with Crippen LogP contribution in [0.4, 0.5) is 5.13 Å². The first-order valence-electron chi connectivity index (χ1n) is 9.86. The molecule has 0 aromatic carbocycles. The highest BCUT2D eigenvalue weighted by Crippen LogP contribution is 2.28. The molecule has 1 aliphatic heterocycles. The molecule has 3 N–H and O–H groups in total. The van der Waals surface area contributed by atoms with E-state index in [1.54, 1.807) is 11.3 Å². The Labute approximate surface area is 169 Å². The number of amides is 2. The van der Waals surface area contributed by atoms with Gasteiger partial charge in [0.2, 0.25) is 11.8 Å². The number of hydrogen-bond acceptors (Lipinski definition) is 6. The minimum Gasteiger partial charge on any atom is -0.483 e. The van der Waals surface area contributed by atoms with E-state index in [9.17, 15) is 9.59 Å². The molecule has 1 aromatic heterocycles. The van der Waals surface area contributed by atoms with Gasteiger partial charge in [-0.15, -0.1) is 11.3 Å². The highest BCUT2D eigenvalue weighted by atomic mass is 32.1. The number of thiazole rings is 1. The Kier molecular flexibility index (Phi) is 8.85. The van der Waals surface area contributed by atoms with E-state index in [0.29, 0.717) is 11.7 Å². The van der Waals surface area contributed by atoms with Gasteiger partial charge in [-0.1, -0.05) is 12.8 Å². The molecular formula is C19H30N4O4S. The lowest BCUT2D eigenvalue weighted by atomic mass is 10.0. The number of piperazine rings is 1. The molecule has 1 saturated heterocycles. The van der Waals surface area contributed by atoms with Crippen LogP contribution in [0.5, 0.6) is 0 Å². The lowest BCUT2D eigenvalue weighted by Gasteiger charge is -2.37.